The van der Waals surface area contributed by atoms with Crippen LogP contribution in [-0.2, 0) is 14.8 Å². The van der Waals surface area contributed by atoms with Crippen LogP contribution >= 0.6 is 11.3 Å². The number of hydrogen-bond donors (Lipinski definition) is 2. The predicted octanol–water partition coefficient (Wildman–Crippen LogP) is 4.76. The monoisotopic (exact) mass is 461 g/mol. The van der Waals surface area contributed by atoms with Gasteiger partial charge in [-0.2, -0.15) is 0 Å². The number of benzene rings is 1. The van der Waals surface area contributed by atoms with Gasteiger partial charge in [0.05, 0.1) is 12.3 Å². The Bertz CT molecular complexity index is 1200. The molecule has 2 heterocycles. The highest BCUT2D eigenvalue weighted by molar-refractivity contribution is 7.94. The van der Waals surface area contributed by atoms with E-state index in [9.17, 15) is 13.2 Å². The number of ether oxygens (including phenoxy) is 1. The van der Waals surface area contributed by atoms with E-state index in [-0.39, 0.29) is 10.1 Å². The van der Waals surface area contributed by atoms with Crippen LogP contribution in [0.25, 0.3) is 12.2 Å². The maximum atomic E-state index is 12.8. The lowest BCUT2D eigenvalue weighted by Gasteiger charge is -2.11. The van der Waals surface area contributed by atoms with Gasteiger partial charge in [0.2, 0.25) is 5.91 Å². The second-order valence-electron chi connectivity index (χ2n) is 6.43. The lowest BCUT2D eigenvalue weighted by molar-refractivity contribution is -0.115. The molecule has 0 unspecified atom stereocenters. The topological polar surface area (TPSA) is 111 Å². The van der Waals surface area contributed by atoms with Gasteiger partial charge in [-0.05, 0) is 50.3 Å². The van der Waals surface area contributed by atoms with Gasteiger partial charge in [-0.3, -0.25) is 9.52 Å². The van der Waals surface area contributed by atoms with E-state index in [0.29, 0.717) is 46.5 Å². The predicted molar refractivity (Wildman–Crippen MR) is 122 cm³/mol. The molecule has 164 valence electrons. The van der Waals surface area contributed by atoms with E-state index in [4.69, 9.17) is 9.26 Å². The summed E-state index contributed by atoms with van der Waals surface area (Å²) in [5.41, 5.74) is 1.44. The molecule has 0 saturated carbocycles. The minimum atomic E-state index is -3.78. The number of carbonyl (C=O) groups is 1. The van der Waals surface area contributed by atoms with E-state index in [1.54, 1.807) is 56.3 Å². The molecule has 10 heteroatoms. The number of para-hydroxylation sites is 2. The molecule has 1 amide bonds. The summed E-state index contributed by atoms with van der Waals surface area (Å²) < 4.78 is 39.1. The van der Waals surface area contributed by atoms with E-state index in [1.165, 1.54) is 6.07 Å². The number of sulfonamides is 1. The highest BCUT2D eigenvalue weighted by Gasteiger charge is 2.19. The lowest BCUT2D eigenvalue weighted by atomic mass is 10.2. The molecular formula is C21H23N3O5S2. The summed E-state index contributed by atoms with van der Waals surface area (Å²) in [7, 11) is -3.78. The zero-order valence-electron chi connectivity index (χ0n) is 17.3. The lowest BCUT2D eigenvalue weighted by Crippen LogP contribution is -2.12. The zero-order chi connectivity index (χ0) is 22.4. The number of rotatable bonds is 9. The van der Waals surface area contributed by atoms with Crippen molar-refractivity contribution in [3.63, 3.8) is 0 Å². The minimum Gasteiger partial charge on any atom is -0.492 e. The van der Waals surface area contributed by atoms with Crippen molar-refractivity contribution < 1.29 is 22.5 Å². The molecule has 0 bridgehead atoms. The van der Waals surface area contributed by atoms with Crippen molar-refractivity contribution in [2.45, 2.75) is 31.4 Å². The molecule has 0 aliphatic carbocycles. The summed E-state index contributed by atoms with van der Waals surface area (Å²) >= 11 is 1.10. The highest BCUT2D eigenvalue weighted by Crippen LogP contribution is 2.30. The molecular weight excluding hydrogens is 438 g/mol. The van der Waals surface area contributed by atoms with Gasteiger partial charge in [0.1, 0.15) is 21.3 Å². The largest absolute Gasteiger partial charge is 0.492 e. The van der Waals surface area contributed by atoms with Crippen LogP contribution in [0.5, 0.6) is 5.75 Å². The number of nitrogens with zero attached hydrogens (tertiary/aromatic N) is 1. The highest BCUT2D eigenvalue weighted by atomic mass is 32.2. The maximum absolute atomic E-state index is 12.8. The fraction of sp³-hybridized carbons (Fsp3) is 0.238. The van der Waals surface area contributed by atoms with Gasteiger partial charge in [-0.15, -0.1) is 11.3 Å². The molecule has 0 spiro atoms. The first-order valence-electron chi connectivity index (χ1n) is 9.62. The van der Waals surface area contributed by atoms with E-state index in [2.05, 4.69) is 15.2 Å². The number of aromatic nitrogens is 1. The normalized spacial score (nSPS) is 11.6. The van der Waals surface area contributed by atoms with Crippen LogP contribution in [0, 0.1) is 6.92 Å². The van der Waals surface area contributed by atoms with Crippen LogP contribution in [0.2, 0.25) is 0 Å². The second kappa shape index (κ2) is 9.80. The molecule has 0 aliphatic rings. The average Bonchev–Trinajstić information content (AvgIpc) is 3.36. The Labute approximate surface area is 185 Å². The molecule has 8 nitrogen and oxygen atoms in total. The Kier molecular flexibility index (Phi) is 7.13. The summed E-state index contributed by atoms with van der Waals surface area (Å²) in [5.74, 6) is 0.706. The SMILES string of the molecule is CCOc1ccccc1NS(=O)(=O)c1ccc(/C=C/c2onc(C)c2NC(=O)CC)s1. The van der Waals surface area contributed by atoms with Crippen molar-refractivity contribution in [1.82, 2.24) is 5.16 Å². The van der Waals surface area contributed by atoms with E-state index < -0.39 is 10.0 Å². The Morgan fingerprint density at radius 2 is 1.97 bits per heavy atom. The van der Waals surface area contributed by atoms with E-state index in [0.717, 1.165) is 11.3 Å². The van der Waals surface area contributed by atoms with Crippen molar-refractivity contribution >= 4 is 50.8 Å². The van der Waals surface area contributed by atoms with Gasteiger partial charge in [-0.1, -0.05) is 24.2 Å². The molecule has 0 aliphatic heterocycles. The summed E-state index contributed by atoms with van der Waals surface area (Å²) in [5, 5.41) is 6.63. The minimum absolute atomic E-state index is 0.149. The second-order valence-corrected chi connectivity index (χ2v) is 9.46. The molecule has 0 fully saturated rings. The average molecular weight is 462 g/mol. The molecule has 3 aromatic rings. The number of carbonyl (C=O) groups excluding carboxylic acids is 1. The first kappa shape index (κ1) is 22.6. The van der Waals surface area contributed by atoms with Crippen molar-refractivity contribution in [2.75, 3.05) is 16.6 Å². The van der Waals surface area contributed by atoms with E-state index >= 15 is 0 Å². The van der Waals surface area contributed by atoms with Gasteiger partial charge >= 0.3 is 0 Å². The van der Waals surface area contributed by atoms with Crippen LogP contribution in [0.4, 0.5) is 11.4 Å². The standard InChI is InChI=1S/C21H23N3O5S2/c1-4-19(25)22-21-14(3)23-29-18(21)12-10-15-11-13-20(30-15)31(26,27)24-16-8-6-7-9-17(16)28-5-2/h6-13,24H,4-5H2,1-3H3,(H,22,25)/b12-10+. The fourth-order valence-electron chi connectivity index (χ4n) is 2.63. The number of hydrogen-bond acceptors (Lipinski definition) is 7. The molecule has 31 heavy (non-hydrogen) atoms. The number of anilines is 2. The Morgan fingerprint density at radius 3 is 2.71 bits per heavy atom. The Balaban J connectivity index is 1.78. The number of amides is 1. The third-order valence-electron chi connectivity index (χ3n) is 4.17. The number of nitrogens with one attached hydrogen (secondary N) is 2. The van der Waals surface area contributed by atoms with Gasteiger partial charge < -0.3 is 14.6 Å². The molecule has 0 radical (unpaired) electrons. The molecule has 3 rings (SSSR count). The van der Waals surface area contributed by atoms with Crippen LogP contribution in [-0.4, -0.2) is 26.1 Å². The van der Waals surface area contributed by atoms with Crippen LogP contribution in [0.15, 0.2) is 45.1 Å². The maximum Gasteiger partial charge on any atom is 0.271 e. The van der Waals surface area contributed by atoms with E-state index in [1.807, 2.05) is 6.92 Å². The summed E-state index contributed by atoms with van der Waals surface area (Å²) in [4.78, 5) is 12.4. The van der Waals surface area contributed by atoms with Crippen LogP contribution < -0.4 is 14.8 Å². The van der Waals surface area contributed by atoms with Gasteiger partial charge in [0.25, 0.3) is 10.0 Å². The van der Waals surface area contributed by atoms with Crippen molar-refractivity contribution in [3.8, 4) is 5.75 Å². The fourth-order valence-corrected chi connectivity index (χ4v) is 4.93. The Hall–Kier alpha value is -3.11. The van der Waals surface area contributed by atoms with Gasteiger partial charge in [0.15, 0.2) is 5.76 Å². The molecule has 1 aromatic carbocycles. The summed E-state index contributed by atoms with van der Waals surface area (Å²) in [6.45, 7) is 5.74. The zero-order valence-corrected chi connectivity index (χ0v) is 19.0. The van der Waals surface area contributed by atoms with Crippen LogP contribution in [0.1, 0.15) is 36.6 Å². The third-order valence-corrected chi connectivity index (χ3v) is 7.08. The quantitative estimate of drug-likeness (QED) is 0.475. The van der Waals surface area contributed by atoms with Crippen molar-refractivity contribution in [3.05, 3.63) is 52.7 Å². The number of aryl methyl sites for hydroxylation is 1. The van der Waals surface area contributed by atoms with Crippen LogP contribution in [0.3, 0.4) is 0 Å². The molecule has 0 atom stereocenters. The van der Waals surface area contributed by atoms with Gasteiger partial charge in [0, 0.05) is 11.3 Å². The number of thiophene rings is 1. The Morgan fingerprint density at radius 1 is 1.19 bits per heavy atom. The first-order valence-corrected chi connectivity index (χ1v) is 11.9. The first-order chi connectivity index (χ1) is 14.8. The van der Waals surface area contributed by atoms with Crippen molar-refractivity contribution in [1.29, 1.82) is 0 Å². The third kappa shape index (κ3) is 5.53. The van der Waals surface area contributed by atoms with Gasteiger partial charge in [-0.25, -0.2) is 8.42 Å². The molecule has 2 aromatic heterocycles. The smallest absolute Gasteiger partial charge is 0.271 e. The summed E-state index contributed by atoms with van der Waals surface area (Å²) in [6, 6.07) is 10.1. The summed E-state index contributed by atoms with van der Waals surface area (Å²) in [6.07, 6.45) is 3.68. The molecule has 0 saturated heterocycles. The molecule has 2 N–H and O–H groups in total. The van der Waals surface area contributed by atoms with Crippen molar-refractivity contribution in [2.24, 2.45) is 0 Å².